The monoisotopic (exact) mass is 300 g/mol. The first-order chi connectivity index (χ1) is 9.03. The molecule has 0 bridgehead atoms. The third-order valence-electron chi connectivity index (χ3n) is 2.40. The number of nitrogens with one attached hydrogen (secondary N) is 2. The van der Waals surface area contributed by atoms with Crippen molar-refractivity contribution < 1.29 is 42.5 Å². The van der Waals surface area contributed by atoms with Crippen molar-refractivity contribution in [2.45, 2.75) is 0 Å². The van der Waals surface area contributed by atoms with Crippen molar-refractivity contribution in [2.75, 3.05) is 16.5 Å². The molecule has 0 heterocycles. The summed E-state index contributed by atoms with van der Waals surface area (Å²) in [5.41, 5.74) is 2.42. The Morgan fingerprint density at radius 2 is 1.35 bits per heavy atom. The molecule has 0 saturated heterocycles. The van der Waals surface area contributed by atoms with Crippen molar-refractivity contribution in [1.82, 2.24) is 0 Å². The van der Waals surface area contributed by atoms with Gasteiger partial charge in [-0.3, -0.25) is 0 Å². The molecule has 0 aliphatic heterocycles. The Labute approximate surface area is 140 Å². The zero-order chi connectivity index (χ0) is 13.7. The molecule has 0 aliphatic rings. The number of hydrogen-bond acceptors (Lipinski definition) is 5. The second-order valence-corrected chi connectivity index (χ2v) is 5.35. The molecule has 20 heavy (non-hydrogen) atoms. The van der Waals surface area contributed by atoms with Gasteiger partial charge in [0.15, 0.2) is 0 Å². The largest absolute Gasteiger partial charge is 1.00 e. The molecule has 2 aromatic rings. The van der Waals surface area contributed by atoms with E-state index in [-0.39, 0.29) is 29.6 Å². The molecular weight excluding hydrogens is 287 g/mol. The van der Waals surface area contributed by atoms with E-state index in [9.17, 15) is 13.0 Å². The molecule has 0 spiro atoms. The molecule has 2 aromatic carbocycles. The van der Waals surface area contributed by atoms with Gasteiger partial charge in [-0.05, 0) is 36.4 Å². The number of hydrogen-bond donors (Lipinski definition) is 2. The van der Waals surface area contributed by atoms with E-state index in [0.717, 1.165) is 11.4 Å². The Hall–Kier alpha value is -1.05. The van der Waals surface area contributed by atoms with Gasteiger partial charge in [-0.2, -0.15) is 0 Å². The molecule has 2 rings (SSSR count). The van der Waals surface area contributed by atoms with Crippen molar-refractivity contribution in [3.05, 3.63) is 54.6 Å². The fraction of sp³-hybridized carbons (Fsp3) is 0.0769. The molecule has 0 saturated carbocycles. The molecule has 0 radical (unpaired) electrons. The molecule has 0 aromatic heterocycles. The van der Waals surface area contributed by atoms with Crippen LogP contribution in [0.15, 0.2) is 54.6 Å². The van der Waals surface area contributed by atoms with Crippen LogP contribution in [-0.2, 0) is 10.1 Å². The smallest absolute Gasteiger partial charge is 0.747 e. The van der Waals surface area contributed by atoms with Crippen LogP contribution < -0.4 is 40.2 Å². The summed E-state index contributed by atoms with van der Waals surface area (Å²) in [6.45, 7) is 0. The molecular formula is C13H13N2NaO3S. The fourth-order valence-electron chi connectivity index (χ4n) is 1.53. The molecule has 5 nitrogen and oxygen atoms in total. The van der Waals surface area contributed by atoms with Crippen molar-refractivity contribution in [1.29, 1.82) is 0 Å². The minimum atomic E-state index is -4.26. The third-order valence-corrected chi connectivity index (χ3v) is 2.90. The van der Waals surface area contributed by atoms with Crippen molar-refractivity contribution in [3.8, 4) is 0 Å². The van der Waals surface area contributed by atoms with E-state index < -0.39 is 16.0 Å². The Kier molecular flexibility index (Phi) is 6.51. The molecule has 7 heteroatoms. The van der Waals surface area contributed by atoms with E-state index in [1.165, 1.54) is 0 Å². The minimum absolute atomic E-state index is 0. The van der Waals surface area contributed by atoms with E-state index >= 15 is 0 Å². The van der Waals surface area contributed by atoms with Gasteiger partial charge >= 0.3 is 29.6 Å². The number of benzene rings is 2. The van der Waals surface area contributed by atoms with Gasteiger partial charge in [-0.25, -0.2) is 8.42 Å². The second kappa shape index (κ2) is 7.66. The minimum Gasteiger partial charge on any atom is -0.747 e. The average molecular weight is 300 g/mol. The van der Waals surface area contributed by atoms with E-state index in [4.69, 9.17) is 0 Å². The fourth-order valence-corrected chi connectivity index (χ4v) is 1.87. The van der Waals surface area contributed by atoms with Crippen molar-refractivity contribution in [3.63, 3.8) is 0 Å². The second-order valence-electron chi connectivity index (χ2n) is 3.95. The van der Waals surface area contributed by atoms with Gasteiger partial charge in [-0.15, -0.1) is 0 Å². The topological polar surface area (TPSA) is 81.3 Å². The summed E-state index contributed by atoms with van der Waals surface area (Å²) in [5.74, 6) is -0.613. The quantitative estimate of drug-likeness (QED) is 0.566. The summed E-state index contributed by atoms with van der Waals surface area (Å²) in [4.78, 5) is 0. The molecule has 100 valence electrons. The standard InChI is InChI=1S/C13H14N2O3S.Na/c16-19(17,18)10-14-11-6-8-13(9-7-11)15-12-4-2-1-3-5-12;/h1-9,14-15H,10H2,(H,16,17,18);/q;+1/p-1. The maximum atomic E-state index is 10.5. The van der Waals surface area contributed by atoms with Crippen LogP contribution in [0, 0.1) is 0 Å². The van der Waals surface area contributed by atoms with Crippen LogP contribution in [0.2, 0.25) is 0 Å². The molecule has 0 amide bonds. The zero-order valence-corrected chi connectivity index (χ0v) is 13.9. The molecule has 2 N–H and O–H groups in total. The summed E-state index contributed by atoms with van der Waals surface area (Å²) in [6, 6.07) is 16.7. The summed E-state index contributed by atoms with van der Waals surface area (Å²) in [6.07, 6.45) is 0. The van der Waals surface area contributed by atoms with Gasteiger partial charge in [-0.1, -0.05) is 18.2 Å². The predicted octanol–water partition coefficient (Wildman–Crippen LogP) is -0.651. The van der Waals surface area contributed by atoms with Crippen LogP contribution in [0.4, 0.5) is 17.1 Å². The predicted molar refractivity (Wildman–Crippen MR) is 74.4 cm³/mol. The van der Waals surface area contributed by atoms with Crippen LogP contribution in [0.25, 0.3) is 0 Å². The summed E-state index contributed by atoms with van der Waals surface area (Å²) < 4.78 is 31.4. The van der Waals surface area contributed by atoms with Crippen LogP contribution >= 0.6 is 0 Å². The van der Waals surface area contributed by atoms with Crippen molar-refractivity contribution in [2.24, 2.45) is 0 Å². The van der Waals surface area contributed by atoms with Crippen molar-refractivity contribution >= 4 is 27.2 Å². The molecule has 0 atom stereocenters. The first-order valence-electron chi connectivity index (χ1n) is 5.62. The average Bonchev–Trinajstić information content (AvgIpc) is 2.38. The first-order valence-corrected chi connectivity index (χ1v) is 7.20. The van der Waals surface area contributed by atoms with E-state index in [2.05, 4.69) is 10.6 Å². The molecule has 0 fully saturated rings. The molecule has 0 unspecified atom stereocenters. The summed E-state index contributed by atoms with van der Waals surface area (Å²) in [7, 11) is -4.26. The van der Waals surface area contributed by atoms with Gasteiger partial charge < -0.3 is 15.2 Å². The first kappa shape index (κ1) is 17.0. The zero-order valence-electron chi connectivity index (χ0n) is 11.0. The number of rotatable bonds is 5. The van der Waals surface area contributed by atoms with Gasteiger partial charge in [0.2, 0.25) is 0 Å². The number of para-hydroxylation sites is 1. The van der Waals surface area contributed by atoms with E-state index in [1.54, 1.807) is 24.3 Å². The van der Waals surface area contributed by atoms with Gasteiger partial charge in [0.05, 0.1) is 0 Å². The summed E-state index contributed by atoms with van der Waals surface area (Å²) in [5, 5.41) is 5.74. The van der Waals surface area contributed by atoms with Crippen LogP contribution in [0.5, 0.6) is 0 Å². The van der Waals surface area contributed by atoms with E-state index in [1.807, 2.05) is 30.3 Å². The van der Waals surface area contributed by atoms with Gasteiger partial charge in [0, 0.05) is 17.1 Å². The molecule has 0 aliphatic carbocycles. The summed E-state index contributed by atoms with van der Waals surface area (Å²) >= 11 is 0. The van der Waals surface area contributed by atoms with Crippen LogP contribution in [0.1, 0.15) is 0 Å². The number of anilines is 3. The SMILES string of the molecule is O=S(=O)([O-])CNc1ccc(Nc2ccccc2)cc1.[Na+]. The Morgan fingerprint density at radius 1 is 0.850 bits per heavy atom. The van der Waals surface area contributed by atoms with Crippen LogP contribution in [0.3, 0.4) is 0 Å². The van der Waals surface area contributed by atoms with Gasteiger partial charge in [0.25, 0.3) is 0 Å². The van der Waals surface area contributed by atoms with E-state index in [0.29, 0.717) is 5.69 Å². The Bertz CT molecular complexity index is 630. The third kappa shape index (κ3) is 5.94. The Balaban J connectivity index is 0.00000200. The van der Waals surface area contributed by atoms with Crippen LogP contribution in [-0.4, -0.2) is 18.8 Å². The maximum absolute atomic E-state index is 10.5. The normalized spacial score (nSPS) is 10.4. The van der Waals surface area contributed by atoms with Gasteiger partial charge in [0.1, 0.15) is 16.0 Å². The Morgan fingerprint density at radius 3 is 1.90 bits per heavy atom. The maximum Gasteiger partial charge on any atom is 1.00 e.